The molecule has 40 heavy (non-hydrogen) atoms. The maximum absolute atomic E-state index is 12.2. The molecule has 2 aromatic carbocycles. The number of aryl methyl sites for hydroxylation is 1. The lowest BCUT2D eigenvalue weighted by atomic mass is 10.0. The van der Waals surface area contributed by atoms with Gasteiger partial charge in [0.2, 0.25) is 0 Å². The van der Waals surface area contributed by atoms with Crippen molar-refractivity contribution in [2.24, 2.45) is 0 Å². The Morgan fingerprint density at radius 1 is 0.675 bits per heavy atom. The molecule has 0 aliphatic carbocycles. The smallest absolute Gasteiger partial charge is 0.306 e. The van der Waals surface area contributed by atoms with E-state index >= 15 is 0 Å². The monoisotopic (exact) mass is 552 g/mol. The minimum absolute atomic E-state index is 0.105. The predicted octanol–water partition coefficient (Wildman–Crippen LogP) is 9.30. The van der Waals surface area contributed by atoms with Gasteiger partial charge in [-0.15, -0.1) is 0 Å². The molecule has 0 saturated carbocycles. The van der Waals surface area contributed by atoms with Crippen molar-refractivity contribution in [2.45, 2.75) is 116 Å². The molecule has 4 heteroatoms. The van der Waals surface area contributed by atoms with Crippen molar-refractivity contribution in [3.63, 3.8) is 0 Å². The van der Waals surface area contributed by atoms with E-state index < -0.39 is 0 Å². The molecule has 2 rings (SSSR count). The van der Waals surface area contributed by atoms with E-state index in [2.05, 4.69) is 63.5 Å². The van der Waals surface area contributed by atoms with Gasteiger partial charge in [-0.05, 0) is 24.5 Å². The molecule has 0 amide bonds. The summed E-state index contributed by atoms with van der Waals surface area (Å²) in [6.07, 6.45) is 19.5. The Morgan fingerprint density at radius 3 is 1.95 bits per heavy atom. The second-order valence-electron chi connectivity index (χ2n) is 12.1. The second-order valence-corrected chi connectivity index (χ2v) is 12.1. The van der Waals surface area contributed by atoms with Crippen LogP contribution in [0.4, 0.5) is 0 Å². The van der Waals surface area contributed by atoms with Crippen molar-refractivity contribution in [3.05, 3.63) is 65.7 Å². The number of unbranched alkanes of at least 4 members (excludes halogenated alkanes) is 11. The summed E-state index contributed by atoms with van der Waals surface area (Å²) in [6, 6.07) is 18.9. The van der Waals surface area contributed by atoms with Gasteiger partial charge in [0, 0.05) is 18.4 Å². The fourth-order valence-electron chi connectivity index (χ4n) is 5.31. The summed E-state index contributed by atoms with van der Waals surface area (Å²) in [5, 5.41) is 0. The fourth-order valence-corrected chi connectivity index (χ4v) is 5.31. The first-order valence-electron chi connectivity index (χ1n) is 16.2. The zero-order valence-corrected chi connectivity index (χ0v) is 26.0. The maximum Gasteiger partial charge on any atom is 0.306 e. The average molecular weight is 553 g/mol. The summed E-state index contributed by atoms with van der Waals surface area (Å²) in [5.41, 5.74) is 2.62. The van der Waals surface area contributed by atoms with E-state index in [1.807, 2.05) is 12.1 Å². The summed E-state index contributed by atoms with van der Waals surface area (Å²) < 4.78 is 12.4. The zero-order chi connectivity index (χ0) is 28.7. The van der Waals surface area contributed by atoms with E-state index in [1.54, 1.807) is 0 Å². The predicted molar refractivity (Wildman–Crippen MR) is 169 cm³/mol. The van der Waals surface area contributed by atoms with Gasteiger partial charge < -0.3 is 14.0 Å². The highest BCUT2D eigenvalue weighted by molar-refractivity contribution is 5.69. The van der Waals surface area contributed by atoms with Gasteiger partial charge in [-0.1, -0.05) is 126 Å². The van der Waals surface area contributed by atoms with E-state index in [4.69, 9.17) is 9.47 Å². The highest BCUT2D eigenvalue weighted by Gasteiger charge is 2.16. The largest absolute Gasteiger partial charge is 0.493 e. The van der Waals surface area contributed by atoms with Crippen LogP contribution in [0.3, 0.4) is 0 Å². The van der Waals surface area contributed by atoms with Gasteiger partial charge in [0.1, 0.15) is 12.3 Å². The van der Waals surface area contributed by atoms with Crippen molar-refractivity contribution in [3.8, 4) is 5.75 Å². The Hall–Kier alpha value is -2.33. The summed E-state index contributed by atoms with van der Waals surface area (Å²) in [6.45, 7) is 5.19. The lowest BCUT2D eigenvalue weighted by Crippen LogP contribution is -2.39. The van der Waals surface area contributed by atoms with Gasteiger partial charge in [0.05, 0.1) is 40.3 Å². The van der Waals surface area contributed by atoms with E-state index in [9.17, 15) is 4.79 Å². The average Bonchev–Trinajstić information content (AvgIpc) is 2.94. The Kier molecular flexibility index (Phi) is 18.1. The molecule has 0 spiro atoms. The highest BCUT2D eigenvalue weighted by atomic mass is 16.5. The number of rotatable bonds is 24. The van der Waals surface area contributed by atoms with Crippen molar-refractivity contribution < 1.29 is 18.8 Å². The van der Waals surface area contributed by atoms with Crippen LogP contribution in [0, 0.1) is 0 Å². The quantitative estimate of drug-likeness (QED) is 0.0739. The van der Waals surface area contributed by atoms with Crippen LogP contribution in [-0.2, 0) is 22.5 Å². The van der Waals surface area contributed by atoms with Crippen LogP contribution >= 0.6 is 0 Å². The number of hydrogen-bond donors (Lipinski definition) is 0. The molecule has 0 aliphatic heterocycles. The van der Waals surface area contributed by atoms with Gasteiger partial charge in [-0.25, -0.2) is 0 Å². The molecular weight excluding hydrogens is 494 g/mol. The van der Waals surface area contributed by atoms with Crippen LogP contribution in [-0.4, -0.2) is 44.3 Å². The van der Waals surface area contributed by atoms with E-state index in [0.29, 0.717) is 26.1 Å². The number of carbonyl (C=O) groups is 1. The lowest BCUT2D eigenvalue weighted by Gasteiger charge is -2.29. The van der Waals surface area contributed by atoms with Crippen LogP contribution in [0.15, 0.2) is 54.6 Å². The van der Waals surface area contributed by atoms with E-state index in [0.717, 1.165) is 36.2 Å². The lowest BCUT2D eigenvalue weighted by molar-refractivity contribution is -0.903. The van der Waals surface area contributed by atoms with Crippen LogP contribution < -0.4 is 4.74 Å². The third-order valence-corrected chi connectivity index (χ3v) is 7.68. The number of esters is 1. The normalized spacial score (nSPS) is 11.5. The number of para-hydroxylation sites is 1. The molecule has 0 fully saturated rings. The third kappa shape index (κ3) is 16.7. The second kappa shape index (κ2) is 21.4. The minimum Gasteiger partial charge on any atom is -0.493 e. The van der Waals surface area contributed by atoms with Gasteiger partial charge in [0.15, 0.2) is 0 Å². The molecule has 0 bridgehead atoms. The van der Waals surface area contributed by atoms with Gasteiger partial charge in [-0.3, -0.25) is 4.79 Å². The standard InChI is InChI=1S/C36H58NO3/c1-4-5-6-7-8-9-10-11-12-13-14-18-25-34-26-19-20-27-35(34)39-30-22-31-40-36(38)28-21-29-37(2,3)32-33-23-16-15-17-24-33/h15-17,19-20,23-24,26-27H,4-14,18,21-22,25,28-32H2,1-3H3/q+1. The minimum atomic E-state index is -0.105. The molecular formula is C36H58NO3+. The Balaban J connectivity index is 1.49. The molecule has 0 radical (unpaired) electrons. The molecule has 0 saturated heterocycles. The molecule has 0 aromatic heterocycles. The Morgan fingerprint density at radius 2 is 1.27 bits per heavy atom. The zero-order valence-electron chi connectivity index (χ0n) is 26.0. The molecule has 224 valence electrons. The summed E-state index contributed by atoms with van der Waals surface area (Å²) in [7, 11) is 4.43. The van der Waals surface area contributed by atoms with Crippen molar-refractivity contribution in [2.75, 3.05) is 33.9 Å². The maximum atomic E-state index is 12.2. The van der Waals surface area contributed by atoms with Crippen molar-refractivity contribution >= 4 is 5.97 Å². The topological polar surface area (TPSA) is 35.5 Å². The van der Waals surface area contributed by atoms with Gasteiger partial charge >= 0.3 is 5.97 Å². The molecule has 0 atom stereocenters. The summed E-state index contributed by atoms with van der Waals surface area (Å²) >= 11 is 0. The highest BCUT2D eigenvalue weighted by Crippen LogP contribution is 2.21. The Labute approximate surface area is 246 Å². The third-order valence-electron chi connectivity index (χ3n) is 7.68. The molecule has 0 aliphatic rings. The molecule has 2 aromatic rings. The molecule has 0 heterocycles. The van der Waals surface area contributed by atoms with Crippen LogP contribution in [0.5, 0.6) is 5.75 Å². The number of benzene rings is 2. The number of ether oxygens (including phenoxy) is 2. The number of hydrogen-bond acceptors (Lipinski definition) is 3. The number of quaternary nitrogens is 1. The van der Waals surface area contributed by atoms with Crippen LogP contribution in [0.1, 0.15) is 114 Å². The molecule has 0 unspecified atom stereocenters. The molecule has 4 nitrogen and oxygen atoms in total. The van der Waals surface area contributed by atoms with Gasteiger partial charge in [-0.2, -0.15) is 0 Å². The van der Waals surface area contributed by atoms with Crippen molar-refractivity contribution in [1.82, 2.24) is 0 Å². The van der Waals surface area contributed by atoms with Crippen LogP contribution in [0.2, 0.25) is 0 Å². The van der Waals surface area contributed by atoms with Crippen LogP contribution in [0.25, 0.3) is 0 Å². The first kappa shape index (κ1) is 33.9. The summed E-state index contributed by atoms with van der Waals surface area (Å²) in [4.78, 5) is 12.2. The fraction of sp³-hybridized carbons (Fsp3) is 0.639. The van der Waals surface area contributed by atoms with Gasteiger partial charge in [0.25, 0.3) is 0 Å². The molecule has 0 N–H and O–H groups in total. The van der Waals surface area contributed by atoms with E-state index in [-0.39, 0.29) is 5.97 Å². The Bertz CT molecular complexity index is 896. The summed E-state index contributed by atoms with van der Waals surface area (Å²) in [5.74, 6) is 0.877. The number of nitrogens with zero attached hydrogens (tertiary/aromatic N) is 1. The number of carbonyl (C=O) groups excluding carboxylic acids is 1. The first-order valence-corrected chi connectivity index (χ1v) is 16.2. The van der Waals surface area contributed by atoms with Crippen molar-refractivity contribution in [1.29, 1.82) is 0 Å². The van der Waals surface area contributed by atoms with E-state index in [1.165, 1.54) is 88.2 Å². The SMILES string of the molecule is CCCCCCCCCCCCCCc1ccccc1OCCCOC(=O)CCC[N+](C)(C)Cc1ccccc1. The first-order chi connectivity index (χ1) is 19.5.